The second-order valence-corrected chi connectivity index (χ2v) is 5.53. The standard InChI is InChI=1S/C13H10S.C3H8.2C2H6/c1-9-8-11-7-6-10-4-2-3-5-12(10)13(11)14-9;1-3-2;2*1-2/h2-8H,1H3;3H2,1-2H3;2*1-2H3. The van der Waals surface area contributed by atoms with Crippen LogP contribution in [0.3, 0.4) is 0 Å². The van der Waals surface area contributed by atoms with E-state index in [9.17, 15) is 0 Å². The van der Waals surface area contributed by atoms with E-state index in [1.807, 2.05) is 39.0 Å². The van der Waals surface area contributed by atoms with Gasteiger partial charge < -0.3 is 0 Å². The summed E-state index contributed by atoms with van der Waals surface area (Å²) in [4.78, 5) is 1.39. The molecule has 0 aliphatic carbocycles. The molecule has 116 valence electrons. The molecule has 0 saturated carbocycles. The van der Waals surface area contributed by atoms with Crippen molar-refractivity contribution >= 4 is 32.2 Å². The fourth-order valence-electron chi connectivity index (χ4n) is 1.90. The van der Waals surface area contributed by atoms with E-state index >= 15 is 0 Å². The molecule has 0 bridgehead atoms. The highest BCUT2D eigenvalue weighted by molar-refractivity contribution is 7.20. The largest absolute Gasteiger partial charge is 0.140 e. The molecule has 3 rings (SSSR count). The predicted molar refractivity (Wildman–Crippen MR) is 103 cm³/mol. The summed E-state index contributed by atoms with van der Waals surface area (Å²) in [6, 6.07) is 15.2. The second-order valence-electron chi connectivity index (χ2n) is 4.27. The van der Waals surface area contributed by atoms with Gasteiger partial charge in [-0.3, -0.25) is 0 Å². The highest BCUT2D eigenvalue weighted by Gasteiger charge is 2.02. The van der Waals surface area contributed by atoms with E-state index in [0.717, 1.165) is 0 Å². The molecule has 0 unspecified atom stereocenters. The third kappa shape index (κ3) is 5.51. The maximum absolute atomic E-state index is 2.26. The summed E-state index contributed by atoms with van der Waals surface area (Å²) >= 11 is 1.88. The van der Waals surface area contributed by atoms with Gasteiger partial charge in [0.15, 0.2) is 0 Å². The lowest BCUT2D eigenvalue weighted by Gasteiger charge is -1.97. The van der Waals surface area contributed by atoms with Gasteiger partial charge in [-0.25, -0.2) is 0 Å². The Labute approximate surface area is 134 Å². The van der Waals surface area contributed by atoms with Crippen molar-refractivity contribution in [2.75, 3.05) is 0 Å². The minimum absolute atomic E-state index is 1.25. The van der Waals surface area contributed by atoms with Crippen LogP contribution in [0.1, 0.15) is 52.8 Å². The monoisotopic (exact) mass is 302 g/mol. The zero-order chi connectivity index (χ0) is 16.3. The van der Waals surface area contributed by atoms with E-state index in [4.69, 9.17) is 0 Å². The first-order valence-electron chi connectivity index (χ1n) is 8.14. The first kappa shape index (κ1) is 19.7. The molecule has 1 heteroatoms. The number of rotatable bonds is 0. The van der Waals surface area contributed by atoms with Gasteiger partial charge in [-0.15, -0.1) is 11.3 Å². The first-order chi connectivity index (χ1) is 10.3. The lowest BCUT2D eigenvalue weighted by atomic mass is 10.1. The molecule has 0 N–H and O–H groups in total. The Morgan fingerprint density at radius 1 is 0.810 bits per heavy atom. The third-order valence-corrected chi connectivity index (χ3v) is 3.63. The molecular formula is C20H30S. The fourth-order valence-corrected chi connectivity index (χ4v) is 2.95. The molecule has 0 aliphatic heterocycles. The summed E-state index contributed by atoms with van der Waals surface area (Å²) in [7, 11) is 0. The van der Waals surface area contributed by atoms with Crippen molar-refractivity contribution in [3.05, 3.63) is 47.3 Å². The topological polar surface area (TPSA) is 0 Å². The molecule has 0 spiro atoms. The third-order valence-electron chi connectivity index (χ3n) is 2.53. The normalized spacial score (nSPS) is 8.90. The van der Waals surface area contributed by atoms with Crippen molar-refractivity contribution < 1.29 is 0 Å². The Hall–Kier alpha value is -1.34. The summed E-state index contributed by atoms with van der Waals surface area (Å²) in [5, 5.41) is 4.08. The van der Waals surface area contributed by atoms with Crippen LogP contribution >= 0.6 is 11.3 Å². The van der Waals surface area contributed by atoms with Crippen LogP contribution in [0, 0.1) is 6.92 Å². The Morgan fingerprint density at radius 2 is 1.33 bits per heavy atom. The number of hydrogen-bond donors (Lipinski definition) is 0. The molecule has 21 heavy (non-hydrogen) atoms. The highest BCUT2D eigenvalue weighted by atomic mass is 32.1. The molecular weight excluding hydrogens is 272 g/mol. The van der Waals surface area contributed by atoms with E-state index in [-0.39, 0.29) is 0 Å². The fraction of sp³-hybridized carbons (Fsp3) is 0.400. The van der Waals surface area contributed by atoms with Crippen molar-refractivity contribution in [1.82, 2.24) is 0 Å². The first-order valence-corrected chi connectivity index (χ1v) is 8.95. The lowest BCUT2D eigenvalue weighted by Crippen LogP contribution is -1.70. The molecule has 3 aromatic rings. The Kier molecular flexibility index (Phi) is 10.6. The van der Waals surface area contributed by atoms with Gasteiger partial charge in [0.1, 0.15) is 0 Å². The zero-order valence-electron chi connectivity index (χ0n) is 14.7. The van der Waals surface area contributed by atoms with Gasteiger partial charge in [-0.05, 0) is 29.1 Å². The van der Waals surface area contributed by atoms with Crippen LogP contribution in [0.15, 0.2) is 42.5 Å². The number of benzene rings is 2. The minimum Gasteiger partial charge on any atom is -0.140 e. The van der Waals surface area contributed by atoms with Gasteiger partial charge in [0, 0.05) is 9.58 Å². The molecule has 1 heterocycles. The quantitative estimate of drug-likeness (QED) is 0.397. The minimum atomic E-state index is 1.25. The van der Waals surface area contributed by atoms with Crippen molar-refractivity contribution in [2.45, 2.75) is 54.9 Å². The van der Waals surface area contributed by atoms with Crippen molar-refractivity contribution in [3.8, 4) is 0 Å². The molecule has 0 nitrogen and oxygen atoms in total. The summed E-state index contributed by atoms with van der Waals surface area (Å²) in [5.41, 5.74) is 0. The average Bonchev–Trinajstić information content (AvgIpc) is 2.93. The molecule has 0 amide bonds. The second kappa shape index (κ2) is 11.3. The summed E-state index contributed by atoms with van der Waals surface area (Å²) in [6.07, 6.45) is 1.25. The predicted octanol–water partition coefficient (Wildman–Crippen LogP) is 7.83. The van der Waals surface area contributed by atoms with Gasteiger partial charge in [-0.2, -0.15) is 0 Å². The molecule has 0 radical (unpaired) electrons. The van der Waals surface area contributed by atoms with Crippen LogP contribution < -0.4 is 0 Å². The maximum atomic E-state index is 2.26. The number of hydrogen-bond acceptors (Lipinski definition) is 1. The molecule has 0 fully saturated rings. The number of aryl methyl sites for hydroxylation is 1. The summed E-state index contributed by atoms with van der Waals surface area (Å²) < 4.78 is 1.42. The van der Waals surface area contributed by atoms with Crippen molar-refractivity contribution in [2.24, 2.45) is 0 Å². The highest BCUT2D eigenvalue weighted by Crippen LogP contribution is 2.31. The Morgan fingerprint density at radius 3 is 1.95 bits per heavy atom. The van der Waals surface area contributed by atoms with E-state index in [1.165, 1.54) is 32.2 Å². The Bertz CT molecular complexity index is 620. The van der Waals surface area contributed by atoms with Gasteiger partial charge in [0.05, 0.1) is 0 Å². The smallest absolute Gasteiger partial charge is 0.0423 e. The zero-order valence-corrected chi connectivity index (χ0v) is 15.5. The van der Waals surface area contributed by atoms with Crippen LogP contribution in [0.25, 0.3) is 20.9 Å². The van der Waals surface area contributed by atoms with Crippen LogP contribution in [0.2, 0.25) is 0 Å². The van der Waals surface area contributed by atoms with Crippen LogP contribution in [-0.2, 0) is 0 Å². The van der Waals surface area contributed by atoms with Crippen LogP contribution in [0.5, 0.6) is 0 Å². The van der Waals surface area contributed by atoms with E-state index in [2.05, 4.69) is 63.2 Å². The van der Waals surface area contributed by atoms with Crippen molar-refractivity contribution in [1.29, 1.82) is 0 Å². The number of thiophene rings is 1. The SMILES string of the molecule is CC.CC.CCC.Cc1cc2ccc3ccccc3c2s1. The Balaban J connectivity index is 0.000000500. The molecule has 1 aromatic heterocycles. The number of fused-ring (bicyclic) bond motifs is 3. The van der Waals surface area contributed by atoms with Gasteiger partial charge in [0.2, 0.25) is 0 Å². The van der Waals surface area contributed by atoms with Crippen LogP contribution in [-0.4, -0.2) is 0 Å². The average molecular weight is 303 g/mol. The summed E-state index contributed by atoms with van der Waals surface area (Å²) in [5.74, 6) is 0. The summed E-state index contributed by atoms with van der Waals surface area (Å²) in [6.45, 7) is 14.4. The lowest BCUT2D eigenvalue weighted by molar-refractivity contribution is 1.09. The van der Waals surface area contributed by atoms with Gasteiger partial charge >= 0.3 is 0 Å². The van der Waals surface area contributed by atoms with E-state index < -0.39 is 0 Å². The van der Waals surface area contributed by atoms with Crippen LogP contribution in [0.4, 0.5) is 0 Å². The van der Waals surface area contributed by atoms with Crippen molar-refractivity contribution in [3.63, 3.8) is 0 Å². The van der Waals surface area contributed by atoms with Gasteiger partial charge in [-0.1, -0.05) is 84.4 Å². The van der Waals surface area contributed by atoms with E-state index in [0.29, 0.717) is 0 Å². The maximum Gasteiger partial charge on any atom is 0.0423 e. The molecule has 0 saturated heterocycles. The van der Waals surface area contributed by atoms with E-state index in [1.54, 1.807) is 0 Å². The molecule has 2 aromatic carbocycles. The van der Waals surface area contributed by atoms with Gasteiger partial charge in [0.25, 0.3) is 0 Å². The molecule has 0 aliphatic rings. The molecule has 0 atom stereocenters.